The Kier molecular flexibility index (Phi) is 6.32. The van der Waals surface area contributed by atoms with Crippen LogP contribution in [0, 0.1) is 0 Å². The molecule has 5 nitrogen and oxygen atoms in total. The van der Waals surface area contributed by atoms with E-state index < -0.39 is 11.7 Å². The lowest BCUT2D eigenvalue weighted by Gasteiger charge is -2.22. The fourth-order valence-corrected chi connectivity index (χ4v) is 3.06. The van der Waals surface area contributed by atoms with Gasteiger partial charge in [-0.1, -0.05) is 12.1 Å². The Morgan fingerprint density at radius 3 is 2.34 bits per heavy atom. The lowest BCUT2D eigenvalue weighted by molar-refractivity contribution is -0.137. The number of rotatable bonds is 8. The zero-order valence-electron chi connectivity index (χ0n) is 16.3. The van der Waals surface area contributed by atoms with Crippen LogP contribution < -0.4 is 14.8 Å². The molecule has 1 amide bonds. The summed E-state index contributed by atoms with van der Waals surface area (Å²) in [5.41, 5.74) is 0.590. The van der Waals surface area contributed by atoms with Crippen molar-refractivity contribution in [2.75, 3.05) is 26.1 Å². The molecule has 0 aromatic heterocycles. The summed E-state index contributed by atoms with van der Waals surface area (Å²) in [5, 5.41) is 2.83. The summed E-state index contributed by atoms with van der Waals surface area (Å²) >= 11 is 0. The first-order chi connectivity index (χ1) is 13.8. The highest BCUT2D eigenvalue weighted by Crippen LogP contribution is 2.32. The van der Waals surface area contributed by atoms with Crippen LogP contribution in [0.3, 0.4) is 0 Å². The number of nitrogens with zero attached hydrogens (tertiary/aromatic N) is 1. The second kappa shape index (κ2) is 8.73. The van der Waals surface area contributed by atoms with Gasteiger partial charge in [-0.2, -0.15) is 13.2 Å². The van der Waals surface area contributed by atoms with E-state index in [0.29, 0.717) is 23.7 Å². The second-order valence-electron chi connectivity index (χ2n) is 6.95. The number of methoxy groups -OCH3 is 2. The average molecular weight is 408 g/mol. The molecular weight excluding hydrogens is 385 g/mol. The van der Waals surface area contributed by atoms with Crippen molar-refractivity contribution in [2.45, 2.75) is 31.6 Å². The summed E-state index contributed by atoms with van der Waals surface area (Å²) in [5.74, 6) is 0.882. The maximum absolute atomic E-state index is 12.7. The van der Waals surface area contributed by atoms with E-state index in [0.717, 1.165) is 30.5 Å². The van der Waals surface area contributed by atoms with Crippen LogP contribution in [0.15, 0.2) is 42.5 Å². The van der Waals surface area contributed by atoms with Gasteiger partial charge < -0.3 is 14.8 Å². The Morgan fingerprint density at radius 2 is 1.79 bits per heavy atom. The molecule has 1 aliphatic carbocycles. The number of carbonyl (C=O) groups is 1. The first kappa shape index (κ1) is 21.0. The van der Waals surface area contributed by atoms with Crippen molar-refractivity contribution < 1.29 is 27.4 Å². The zero-order valence-corrected chi connectivity index (χ0v) is 16.3. The maximum atomic E-state index is 12.7. The van der Waals surface area contributed by atoms with E-state index in [1.807, 2.05) is 4.90 Å². The highest BCUT2D eigenvalue weighted by atomic mass is 19.4. The van der Waals surface area contributed by atoms with E-state index in [2.05, 4.69) is 5.32 Å². The quantitative estimate of drug-likeness (QED) is 0.707. The lowest BCUT2D eigenvalue weighted by atomic mass is 10.1. The molecule has 1 saturated carbocycles. The third-order valence-corrected chi connectivity index (χ3v) is 4.76. The predicted octanol–water partition coefficient (Wildman–Crippen LogP) is 4.33. The molecular formula is C21H23F3N2O3. The second-order valence-corrected chi connectivity index (χ2v) is 6.95. The van der Waals surface area contributed by atoms with Gasteiger partial charge in [0.1, 0.15) is 11.5 Å². The number of carbonyl (C=O) groups excluding carboxylic acids is 1. The van der Waals surface area contributed by atoms with E-state index in [-0.39, 0.29) is 18.5 Å². The Bertz CT molecular complexity index is 849. The Balaban J connectivity index is 1.64. The molecule has 29 heavy (non-hydrogen) atoms. The molecule has 156 valence electrons. The molecule has 0 aliphatic heterocycles. The molecule has 0 atom stereocenters. The van der Waals surface area contributed by atoms with E-state index in [1.54, 1.807) is 25.3 Å². The van der Waals surface area contributed by atoms with Crippen LogP contribution in [-0.2, 0) is 17.5 Å². The Hall–Kier alpha value is -2.74. The summed E-state index contributed by atoms with van der Waals surface area (Å²) in [4.78, 5) is 14.5. The van der Waals surface area contributed by atoms with Gasteiger partial charge in [-0.3, -0.25) is 9.69 Å². The first-order valence-electron chi connectivity index (χ1n) is 9.22. The standard InChI is InChI=1S/C21H23F3N2O3/c1-28-17-9-10-18(19(11-17)29-2)25-20(27)13-26(16-7-8-16)12-14-3-5-15(6-4-14)21(22,23)24/h3-6,9-11,16H,7-8,12-13H2,1-2H3,(H,25,27). The van der Waals surface area contributed by atoms with Crippen molar-refractivity contribution in [3.63, 3.8) is 0 Å². The minimum Gasteiger partial charge on any atom is -0.497 e. The van der Waals surface area contributed by atoms with Crippen molar-refractivity contribution in [1.82, 2.24) is 4.90 Å². The van der Waals surface area contributed by atoms with Crippen LogP contribution in [0.25, 0.3) is 0 Å². The molecule has 1 N–H and O–H groups in total. The number of amides is 1. The van der Waals surface area contributed by atoms with Crippen LogP contribution in [0.2, 0.25) is 0 Å². The molecule has 1 aliphatic rings. The van der Waals surface area contributed by atoms with Gasteiger partial charge in [-0.25, -0.2) is 0 Å². The number of alkyl halides is 3. The normalized spacial score (nSPS) is 14.0. The molecule has 0 heterocycles. The number of benzene rings is 2. The molecule has 0 bridgehead atoms. The Morgan fingerprint density at radius 1 is 1.10 bits per heavy atom. The topological polar surface area (TPSA) is 50.8 Å². The monoisotopic (exact) mass is 408 g/mol. The van der Waals surface area contributed by atoms with Gasteiger partial charge in [0, 0.05) is 18.7 Å². The minimum absolute atomic E-state index is 0.140. The van der Waals surface area contributed by atoms with Gasteiger partial charge in [0.25, 0.3) is 0 Å². The van der Waals surface area contributed by atoms with Crippen molar-refractivity contribution in [1.29, 1.82) is 0 Å². The number of nitrogens with one attached hydrogen (secondary N) is 1. The largest absolute Gasteiger partial charge is 0.497 e. The first-order valence-corrected chi connectivity index (χ1v) is 9.22. The van der Waals surface area contributed by atoms with Gasteiger partial charge in [0.15, 0.2) is 0 Å². The number of hydrogen-bond acceptors (Lipinski definition) is 4. The summed E-state index contributed by atoms with van der Waals surface area (Å²) in [6, 6.07) is 10.4. The molecule has 0 radical (unpaired) electrons. The van der Waals surface area contributed by atoms with E-state index in [1.165, 1.54) is 19.2 Å². The van der Waals surface area contributed by atoms with Crippen molar-refractivity contribution in [2.24, 2.45) is 0 Å². The van der Waals surface area contributed by atoms with Crippen molar-refractivity contribution >= 4 is 11.6 Å². The average Bonchev–Trinajstić information content (AvgIpc) is 3.53. The summed E-state index contributed by atoms with van der Waals surface area (Å²) in [6.07, 6.45) is -2.41. The molecule has 8 heteroatoms. The van der Waals surface area contributed by atoms with Gasteiger partial charge in [0.05, 0.1) is 32.0 Å². The van der Waals surface area contributed by atoms with Crippen molar-refractivity contribution in [3.05, 3.63) is 53.6 Å². The van der Waals surface area contributed by atoms with Gasteiger partial charge in [0.2, 0.25) is 5.91 Å². The maximum Gasteiger partial charge on any atom is 0.416 e. The highest BCUT2D eigenvalue weighted by Gasteiger charge is 2.32. The van der Waals surface area contributed by atoms with E-state index >= 15 is 0 Å². The van der Waals surface area contributed by atoms with Crippen LogP contribution in [-0.4, -0.2) is 37.6 Å². The zero-order chi connectivity index (χ0) is 21.0. The number of ether oxygens (including phenoxy) is 2. The fraction of sp³-hybridized carbons (Fsp3) is 0.381. The molecule has 0 unspecified atom stereocenters. The Labute approximate surface area is 167 Å². The summed E-state index contributed by atoms with van der Waals surface area (Å²) in [6.45, 7) is 0.552. The molecule has 0 spiro atoms. The van der Waals surface area contributed by atoms with Crippen LogP contribution in [0.1, 0.15) is 24.0 Å². The van der Waals surface area contributed by atoms with Crippen molar-refractivity contribution in [3.8, 4) is 11.5 Å². The third kappa shape index (κ3) is 5.63. The molecule has 2 aromatic carbocycles. The molecule has 3 rings (SSSR count). The highest BCUT2D eigenvalue weighted by molar-refractivity contribution is 5.93. The predicted molar refractivity (Wildman–Crippen MR) is 103 cm³/mol. The van der Waals surface area contributed by atoms with Gasteiger partial charge >= 0.3 is 6.18 Å². The number of halogens is 3. The SMILES string of the molecule is COc1ccc(NC(=O)CN(Cc2ccc(C(F)(F)F)cc2)C2CC2)c(OC)c1. The van der Waals surface area contributed by atoms with Crippen LogP contribution in [0.4, 0.5) is 18.9 Å². The van der Waals surface area contributed by atoms with E-state index in [9.17, 15) is 18.0 Å². The van der Waals surface area contributed by atoms with Gasteiger partial charge in [-0.15, -0.1) is 0 Å². The van der Waals surface area contributed by atoms with Gasteiger partial charge in [-0.05, 0) is 42.7 Å². The molecule has 2 aromatic rings. The van der Waals surface area contributed by atoms with Crippen LogP contribution >= 0.6 is 0 Å². The third-order valence-electron chi connectivity index (χ3n) is 4.76. The molecule has 1 fully saturated rings. The molecule has 0 saturated heterocycles. The van der Waals surface area contributed by atoms with E-state index in [4.69, 9.17) is 9.47 Å². The number of anilines is 1. The number of hydrogen-bond donors (Lipinski definition) is 1. The lowest BCUT2D eigenvalue weighted by Crippen LogP contribution is -2.34. The summed E-state index contributed by atoms with van der Waals surface area (Å²) < 4.78 is 48.6. The van der Waals surface area contributed by atoms with Crippen LogP contribution in [0.5, 0.6) is 11.5 Å². The minimum atomic E-state index is -4.36. The fourth-order valence-electron chi connectivity index (χ4n) is 3.06. The smallest absolute Gasteiger partial charge is 0.416 e. The summed E-state index contributed by atoms with van der Waals surface area (Å²) in [7, 11) is 3.05.